The van der Waals surface area contributed by atoms with Crippen LogP contribution in [0.25, 0.3) is 0 Å². The highest BCUT2D eigenvalue weighted by Crippen LogP contribution is 2.46. The molecule has 0 aliphatic heterocycles. The number of halogens is 1. The number of hydrogen-bond acceptors (Lipinski definition) is 0. The number of benzene rings is 1. The smallest absolute Gasteiger partial charge is 0.0222 e. The molecule has 1 aliphatic rings. The van der Waals surface area contributed by atoms with Gasteiger partial charge in [0.05, 0.1) is 0 Å². The zero-order valence-electron chi connectivity index (χ0n) is 14.6. The van der Waals surface area contributed by atoms with Crippen LogP contribution in [0.5, 0.6) is 0 Å². The molecule has 22 heavy (non-hydrogen) atoms. The van der Waals surface area contributed by atoms with Crippen molar-refractivity contribution < 1.29 is 0 Å². The molecule has 0 bridgehead atoms. The summed E-state index contributed by atoms with van der Waals surface area (Å²) in [4.78, 5) is 0. The molecule has 0 radical (unpaired) electrons. The third kappa shape index (κ3) is 3.46. The Morgan fingerprint density at radius 1 is 0.864 bits per heavy atom. The van der Waals surface area contributed by atoms with Crippen LogP contribution in [0.2, 0.25) is 0 Å². The third-order valence-corrected chi connectivity index (χ3v) is 4.95. The predicted molar refractivity (Wildman–Crippen MR) is 101 cm³/mol. The van der Waals surface area contributed by atoms with Crippen molar-refractivity contribution in [1.82, 2.24) is 0 Å². The summed E-state index contributed by atoms with van der Waals surface area (Å²) in [6.07, 6.45) is 4.77. The van der Waals surface area contributed by atoms with Gasteiger partial charge in [0.25, 0.3) is 0 Å². The highest BCUT2D eigenvalue weighted by molar-refractivity contribution is 9.10. The molecular weight excluding hydrogens is 332 g/mol. The summed E-state index contributed by atoms with van der Waals surface area (Å²) in [7, 11) is 0. The van der Waals surface area contributed by atoms with Crippen molar-refractivity contribution in [2.24, 2.45) is 10.8 Å². The van der Waals surface area contributed by atoms with Gasteiger partial charge in [0.15, 0.2) is 0 Å². The van der Waals surface area contributed by atoms with Crippen LogP contribution in [0.15, 0.2) is 64.2 Å². The van der Waals surface area contributed by atoms with Gasteiger partial charge in [-0.3, -0.25) is 0 Å². The quantitative estimate of drug-likeness (QED) is 0.504. The highest BCUT2D eigenvalue weighted by atomic mass is 79.9. The Morgan fingerprint density at radius 3 is 1.73 bits per heavy atom. The fourth-order valence-electron chi connectivity index (χ4n) is 3.08. The highest BCUT2D eigenvalue weighted by Gasteiger charge is 2.31. The molecule has 1 aliphatic carbocycles. The lowest BCUT2D eigenvalue weighted by molar-refractivity contribution is 0.475. The van der Waals surface area contributed by atoms with Gasteiger partial charge in [-0.1, -0.05) is 94.4 Å². The molecule has 1 heteroatoms. The van der Waals surface area contributed by atoms with Crippen LogP contribution in [-0.4, -0.2) is 0 Å². The minimum atomic E-state index is 0.0986. The van der Waals surface area contributed by atoms with Crippen LogP contribution in [0, 0.1) is 10.8 Å². The zero-order valence-corrected chi connectivity index (χ0v) is 16.2. The molecule has 0 spiro atoms. The Kier molecular flexibility index (Phi) is 4.59. The zero-order chi connectivity index (χ0) is 16.7. The van der Waals surface area contributed by atoms with Crippen LogP contribution in [-0.2, 0) is 0 Å². The van der Waals surface area contributed by atoms with E-state index in [9.17, 15) is 0 Å². The Balaban J connectivity index is 2.62. The summed E-state index contributed by atoms with van der Waals surface area (Å²) in [6, 6.07) is 8.50. The van der Waals surface area contributed by atoms with E-state index >= 15 is 0 Å². The third-order valence-electron chi connectivity index (χ3n) is 4.22. The molecule has 2 rings (SSSR count). The van der Waals surface area contributed by atoms with E-state index < -0.39 is 0 Å². The van der Waals surface area contributed by atoms with Gasteiger partial charge < -0.3 is 0 Å². The summed E-state index contributed by atoms with van der Waals surface area (Å²) in [5, 5.41) is 0. The first-order valence-corrected chi connectivity index (χ1v) is 8.70. The van der Waals surface area contributed by atoms with Crippen LogP contribution in [0.1, 0.15) is 53.0 Å². The van der Waals surface area contributed by atoms with E-state index in [1.165, 1.54) is 26.8 Å². The summed E-state index contributed by atoms with van der Waals surface area (Å²) in [5.74, 6) is 0.296. The van der Waals surface area contributed by atoms with E-state index in [4.69, 9.17) is 0 Å². The first-order valence-electron chi connectivity index (χ1n) is 7.90. The molecule has 0 aromatic heterocycles. The molecule has 0 saturated heterocycles. The summed E-state index contributed by atoms with van der Waals surface area (Å²) in [6.45, 7) is 18.0. The van der Waals surface area contributed by atoms with Crippen molar-refractivity contribution in [3.63, 3.8) is 0 Å². The van der Waals surface area contributed by atoms with Crippen LogP contribution >= 0.6 is 15.9 Å². The number of allylic oxidation sites excluding steroid dienone is 5. The van der Waals surface area contributed by atoms with Crippen molar-refractivity contribution in [3.05, 3.63) is 69.8 Å². The maximum absolute atomic E-state index is 4.41. The summed E-state index contributed by atoms with van der Waals surface area (Å²) >= 11 is 3.71. The SMILES string of the molecule is C=C1C(C(C)(C)C)=CC(c2ccccc2Br)C=C1C(C)(C)C. The predicted octanol–water partition coefficient (Wildman–Crippen LogP) is 7.05. The second kappa shape index (κ2) is 5.85. The van der Waals surface area contributed by atoms with Gasteiger partial charge in [-0.05, 0) is 39.2 Å². The molecule has 0 N–H and O–H groups in total. The lowest BCUT2D eigenvalue weighted by Crippen LogP contribution is -2.22. The van der Waals surface area contributed by atoms with Crippen LogP contribution < -0.4 is 0 Å². The fraction of sp³-hybridized carbons (Fsp3) is 0.429. The van der Waals surface area contributed by atoms with Gasteiger partial charge in [-0.15, -0.1) is 0 Å². The Bertz CT molecular complexity index is 611. The standard InChI is InChI=1S/C21H27Br/c1-14-17(20(2,3)4)12-15(13-18(14)21(5,6)7)16-10-8-9-11-19(16)22/h8-13,15H,1H2,2-7H3. The van der Waals surface area contributed by atoms with Gasteiger partial charge in [0.1, 0.15) is 0 Å². The molecule has 0 saturated carbocycles. The van der Waals surface area contributed by atoms with Gasteiger partial charge in [0.2, 0.25) is 0 Å². The molecule has 0 amide bonds. The van der Waals surface area contributed by atoms with Crippen LogP contribution in [0.4, 0.5) is 0 Å². The van der Waals surface area contributed by atoms with Crippen molar-refractivity contribution in [2.45, 2.75) is 47.5 Å². The van der Waals surface area contributed by atoms with E-state index in [1.54, 1.807) is 0 Å². The van der Waals surface area contributed by atoms with Gasteiger partial charge in [-0.2, -0.15) is 0 Å². The molecule has 0 atom stereocenters. The average molecular weight is 359 g/mol. The minimum absolute atomic E-state index is 0.0986. The van der Waals surface area contributed by atoms with E-state index in [-0.39, 0.29) is 10.8 Å². The second-order valence-corrected chi connectivity index (χ2v) is 9.04. The maximum atomic E-state index is 4.41. The fourth-order valence-corrected chi connectivity index (χ4v) is 3.63. The topological polar surface area (TPSA) is 0 Å². The summed E-state index contributed by atoms with van der Waals surface area (Å²) < 4.78 is 1.17. The van der Waals surface area contributed by atoms with E-state index in [2.05, 4.69) is 100 Å². The number of hydrogen-bond donors (Lipinski definition) is 0. The Hall–Kier alpha value is -1.08. The van der Waals surface area contributed by atoms with Gasteiger partial charge in [-0.25, -0.2) is 0 Å². The van der Waals surface area contributed by atoms with Crippen molar-refractivity contribution in [3.8, 4) is 0 Å². The van der Waals surface area contributed by atoms with E-state index in [1.807, 2.05) is 0 Å². The lowest BCUT2D eigenvalue weighted by Gasteiger charge is -2.36. The maximum Gasteiger partial charge on any atom is 0.0222 e. The average Bonchev–Trinajstić information content (AvgIpc) is 2.37. The molecule has 0 unspecified atom stereocenters. The molecular formula is C21H27Br. The summed E-state index contributed by atoms with van der Waals surface area (Å²) in [5.41, 5.74) is 5.44. The van der Waals surface area contributed by atoms with E-state index in [0.29, 0.717) is 5.92 Å². The molecule has 1 aromatic rings. The lowest BCUT2D eigenvalue weighted by atomic mass is 9.68. The molecule has 1 aromatic carbocycles. The minimum Gasteiger partial charge on any atom is -0.0912 e. The largest absolute Gasteiger partial charge is 0.0912 e. The normalized spacial score (nSPS) is 17.3. The monoisotopic (exact) mass is 358 g/mol. The molecule has 0 heterocycles. The van der Waals surface area contributed by atoms with Gasteiger partial charge in [0, 0.05) is 10.4 Å². The molecule has 118 valence electrons. The molecule has 0 nitrogen and oxygen atoms in total. The number of rotatable bonds is 1. The van der Waals surface area contributed by atoms with Crippen molar-refractivity contribution in [2.75, 3.05) is 0 Å². The second-order valence-electron chi connectivity index (χ2n) is 8.19. The first kappa shape index (κ1) is 17.3. The van der Waals surface area contributed by atoms with Crippen molar-refractivity contribution >= 4 is 15.9 Å². The van der Waals surface area contributed by atoms with Gasteiger partial charge >= 0.3 is 0 Å². The Labute approximate surface area is 144 Å². The van der Waals surface area contributed by atoms with Crippen molar-refractivity contribution in [1.29, 1.82) is 0 Å². The van der Waals surface area contributed by atoms with Crippen LogP contribution in [0.3, 0.4) is 0 Å². The van der Waals surface area contributed by atoms with E-state index in [0.717, 1.165) is 0 Å². The first-order chi connectivity index (χ1) is 10.0. The molecule has 0 fully saturated rings. The Morgan fingerprint density at radius 2 is 1.32 bits per heavy atom.